The monoisotopic (exact) mass is 271 g/mol. The van der Waals surface area contributed by atoms with E-state index < -0.39 is 5.97 Å². The zero-order valence-electron chi connectivity index (χ0n) is 11.7. The van der Waals surface area contributed by atoms with Gasteiger partial charge in [0.1, 0.15) is 0 Å². The maximum atomic E-state index is 12.2. The van der Waals surface area contributed by atoms with Crippen LogP contribution in [-0.4, -0.2) is 66.1 Å². The molecular weight excluding hydrogens is 246 g/mol. The zero-order valence-corrected chi connectivity index (χ0v) is 11.7. The number of carboxylic acid groups (broad SMARTS) is 1. The van der Waals surface area contributed by atoms with Gasteiger partial charge in [0.15, 0.2) is 0 Å². The standard InChI is InChI=1S/C13H25N3O3/c1-2-3-11(10-14)13(19)16-8-6-15(7-9-16)5-4-12(17)18/h11H,2-10,14H2,1H3,(H,17,18). The van der Waals surface area contributed by atoms with Gasteiger partial charge in [0.25, 0.3) is 0 Å². The van der Waals surface area contributed by atoms with Gasteiger partial charge in [-0.1, -0.05) is 13.3 Å². The highest BCUT2D eigenvalue weighted by Crippen LogP contribution is 2.12. The van der Waals surface area contributed by atoms with Crippen molar-refractivity contribution in [3.63, 3.8) is 0 Å². The number of nitrogens with zero attached hydrogens (tertiary/aromatic N) is 2. The van der Waals surface area contributed by atoms with Crippen molar-refractivity contribution < 1.29 is 14.7 Å². The Bertz CT molecular complexity index is 302. The first-order chi connectivity index (χ1) is 9.08. The summed E-state index contributed by atoms with van der Waals surface area (Å²) in [7, 11) is 0. The maximum Gasteiger partial charge on any atom is 0.304 e. The number of rotatable bonds is 7. The molecule has 0 aromatic heterocycles. The van der Waals surface area contributed by atoms with Crippen LogP contribution in [0.2, 0.25) is 0 Å². The lowest BCUT2D eigenvalue weighted by Gasteiger charge is -2.36. The number of hydrogen-bond acceptors (Lipinski definition) is 4. The van der Waals surface area contributed by atoms with E-state index in [4.69, 9.17) is 10.8 Å². The number of piperazine rings is 1. The van der Waals surface area contributed by atoms with Gasteiger partial charge in [-0.25, -0.2) is 0 Å². The summed E-state index contributed by atoms with van der Waals surface area (Å²) in [6, 6.07) is 0. The highest BCUT2D eigenvalue weighted by molar-refractivity contribution is 5.79. The Kier molecular flexibility index (Phi) is 6.80. The first-order valence-corrected chi connectivity index (χ1v) is 7.01. The number of amides is 1. The summed E-state index contributed by atoms with van der Waals surface area (Å²) in [6.07, 6.45) is 1.97. The van der Waals surface area contributed by atoms with E-state index in [0.717, 1.165) is 25.9 Å². The molecule has 1 unspecified atom stereocenters. The Morgan fingerprint density at radius 3 is 2.37 bits per heavy atom. The summed E-state index contributed by atoms with van der Waals surface area (Å²) in [6.45, 7) is 5.89. The lowest BCUT2D eigenvalue weighted by Crippen LogP contribution is -2.51. The Balaban J connectivity index is 2.36. The number of hydrogen-bond donors (Lipinski definition) is 2. The summed E-state index contributed by atoms with van der Waals surface area (Å²) in [5.41, 5.74) is 5.65. The molecule has 1 aliphatic rings. The highest BCUT2D eigenvalue weighted by atomic mass is 16.4. The summed E-state index contributed by atoms with van der Waals surface area (Å²) in [4.78, 5) is 26.7. The van der Waals surface area contributed by atoms with Gasteiger partial charge in [0, 0.05) is 39.3 Å². The zero-order chi connectivity index (χ0) is 14.3. The van der Waals surface area contributed by atoms with E-state index in [-0.39, 0.29) is 18.2 Å². The van der Waals surface area contributed by atoms with Gasteiger partial charge in [-0.3, -0.25) is 14.5 Å². The second-order valence-electron chi connectivity index (χ2n) is 5.03. The molecule has 1 amide bonds. The van der Waals surface area contributed by atoms with Gasteiger partial charge >= 0.3 is 5.97 Å². The van der Waals surface area contributed by atoms with E-state index in [0.29, 0.717) is 26.2 Å². The van der Waals surface area contributed by atoms with E-state index in [1.54, 1.807) is 0 Å². The molecule has 1 fully saturated rings. The third kappa shape index (κ3) is 5.16. The minimum absolute atomic E-state index is 0.0597. The number of nitrogens with two attached hydrogens (primary N) is 1. The van der Waals surface area contributed by atoms with Crippen LogP contribution in [-0.2, 0) is 9.59 Å². The van der Waals surface area contributed by atoms with Crippen LogP contribution >= 0.6 is 0 Å². The maximum absolute atomic E-state index is 12.2. The van der Waals surface area contributed by atoms with Gasteiger partial charge in [-0.2, -0.15) is 0 Å². The SMILES string of the molecule is CCCC(CN)C(=O)N1CCN(CCC(=O)O)CC1. The second kappa shape index (κ2) is 8.12. The number of carboxylic acids is 1. The van der Waals surface area contributed by atoms with Crippen LogP contribution in [0.5, 0.6) is 0 Å². The predicted octanol–water partition coefficient (Wildman–Crippen LogP) is -0.0197. The molecule has 0 radical (unpaired) electrons. The van der Waals surface area contributed by atoms with Crippen molar-refractivity contribution in [3.05, 3.63) is 0 Å². The molecule has 1 atom stereocenters. The van der Waals surface area contributed by atoms with Gasteiger partial charge in [-0.15, -0.1) is 0 Å². The van der Waals surface area contributed by atoms with Gasteiger partial charge in [-0.05, 0) is 6.42 Å². The molecule has 0 bridgehead atoms. The van der Waals surface area contributed by atoms with Gasteiger partial charge in [0.05, 0.1) is 12.3 Å². The minimum Gasteiger partial charge on any atom is -0.481 e. The van der Waals surface area contributed by atoms with Crippen LogP contribution < -0.4 is 5.73 Å². The Labute approximate surface area is 114 Å². The van der Waals surface area contributed by atoms with Crippen molar-refractivity contribution >= 4 is 11.9 Å². The number of carbonyl (C=O) groups is 2. The number of aliphatic carboxylic acids is 1. The van der Waals surface area contributed by atoms with Crippen molar-refractivity contribution in [1.82, 2.24) is 9.80 Å². The van der Waals surface area contributed by atoms with Crippen molar-refractivity contribution in [3.8, 4) is 0 Å². The summed E-state index contributed by atoms with van der Waals surface area (Å²) in [5, 5.41) is 8.64. The van der Waals surface area contributed by atoms with E-state index >= 15 is 0 Å². The van der Waals surface area contributed by atoms with Crippen molar-refractivity contribution in [2.75, 3.05) is 39.3 Å². The smallest absolute Gasteiger partial charge is 0.304 e. The lowest BCUT2D eigenvalue weighted by molar-refractivity contribution is -0.139. The van der Waals surface area contributed by atoms with Crippen LogP contribution in [0.15, 0.2) is 0 Å². The van der Waals surface area contributed by atoms with Crippen LogP contribution in [0.4, 0.5) is 0 Å². The molecule has 110 valence electrons. The van der Waals surface area contributed by atoms with Crippen molar-refractivity contribution in [2.24, 2.45) is 11.7 Å². The van der Waals surface area contributed by atoms with Gasteiger partial charge < -0.3 is 15.7 Å². The fourth-order valence-electron chi connectivity index (χ4n) is 2.39. The fourth-order valence-corrected chi connectivity index (χ4v) is 2.39. The fraction of sp³-hybridized carbons (Fsp3) is 0.846. The van der Waals surface area contributed by atoms with E-state index in [9.17, 15) is 9.59 Å². The summed E-state index contributed by atoms with van der Waals surface area (Å²) >= 11 is 0. The summed E-state index contributed by atoms with van der Waals surface area (Å²) in [5.74, 6) is -0.678. The third-order valence-corrected chi connectivity index (χ3v) is 3.60. The molecule has 6 nitrogen and oxygen atoms in total. The average Bonchev–Trinajstić information content (AvgIpc) is 2.42. The molecule has 0 aliphatic carbocycles. The highest BCUT2D eigenvalue weighted by Gasteiger charge is 2.26. The quantitative estimate of drug-likeness (QED) is 0.679. The average molecular weight is 271 g/mol. The molecule has 0 saturated carbocycles. The largest absolute Gasteiger partial charge is 0.481 e. The molecule has 0 aromatic carbocycles. The third-order valence-electron chi connectivity index (χ3n) is 3.60. The first-order valence-electron chi connectivity index (χ1n) is 7.01. The van der Waals surface area contributed by atoms with Crippen molar-refractivity contribution in [2.45, 2.75) is 26.2 Å². The van der Waals surface area contributed by atoms with Crippen molar-refractivity contribution in [1.29, 1.82) is 0 Å². The van der Waals surface area contributed by atoms with E-state index in [2.05, 4.69) is 11.8 Å². The topological polar surface area (TPSA) is 86.9 Å². The lowest BCUT2D eigenvalue weighted by atomic mass is 10.0. The Morgan fingerprint density at radius 2 is 1.89 bits per heavy atom. The molecule has 0 spiro atoms. The predicted molar refractivity (Wildman–Crippen MR) is 72.7 cm³/mol. The molecule has 19 heavy (non-hydrogen) atoms. The minimum atomic E-state index is -0.773. The Hall–Kier alpha value is -1.14. The van der Waals surface area contributed by atoms with E-state index in [1.165, 1.54) is 0 Å². The first kappa shape index (κ1) is 15.9. The van der Waals surface area contributed by atoms with Gasteiger partial charge in [0.2, 0.25) is 5.91 Å². The molecular formula is C13H25N3O3. The van der Waals surface area contributed by atoms with Crippen LogP contribution in [0.3, 0.4) is 0 Å². The number of carbonyl (C=O) groups excluding carboxylic acids is 1. The molecule has 1 rings (SSSR count). The van der Waals surface area contributed by atoms with Crippen LogP contribution in [0.1, 0.15) is 26.2 Å². The molecule has 1 heterocycles. The molecule has 1 aliphatic heterocycles. The van der Waals surface area contributed by atoms with Crippen LogP contribution in [0, 0.1) is 5.92 Å². The molecule has 1 saturated heterocycles. The molecule has 0 aromatic rings. The van der Waals surface area contributed by atoms with Crippen LogP contribution in [0.25, 0.3) is 0 Å². The van der Waals surface area contributed by atoms with E-state index in [1.807, 2.05) is 4.90 Å². The molecule has 3 N–H and O–H groups in total. The normalized spacial score (nSPS) is 18.3. The summed E-state index contributed by atoms with van der Waals surface area (Å²) < 4.78 is 0. The second-order valence-corrected chi connectivity index (χ2v) is 5.03. The molecule has 6 heteroatoms. The Morgan fingerprint density at radius 1 is 1.26 bits per heavy atom.